The van der Waals surface area contributed by atoms with Crippen LogP contribution in [0.15, 0.2) is 6.20 Å². The summed E-state index contributed by atoms with van der Waals surface area (Å²) in [5, 5.41) is 7.45. The quantitative estimate of drug-likeness (QED) is 0.901. The molecule has 2 heterocycles. The second-order valence-corrected chi connectivity index (χ2v) is 7.07. The smallest absolute Gasteiger partial charge is 0.0522 e. The van der Waals surface area contributed by atoms with Gasteiger partial charge in [0, 0.05) is 18.3 Å². The summed E-state index contributed by atoms with van der Waals surface area (Å²) in [6, 6.07) is 0.767. The summed E-state index contributed by atoms with van der Waals surface area (Å²) in [4.78, 5) is 2.77. The number of hydrogen-bond donors (Lipinski definition) is 1. The highest BCUT2D eigenvalue weighted by molar-refractivity contribution is 7.98. The fraction of sp³-hybridized carbons (Fsp3) is 0.800. The Morgan fingerprint density at radius 3 is 2.90 bits per heavy atom. The lowest BCUT2D eigenvalue weighted by Crippen LogP contribution is -2.52. The molecule has 0 amide bonds. The fourth-order valence-corrected chi connectivity index (χ4v) is 4.73. The first-order valence-electron chi connectivity index (χ1n) is 7.56. The van der Waals surface area contributed by atoms with Gasteiger partial charge >= 0.3 is 0 Å². The number of thioether (sulfide) groups is 1. The van der Waals surface area contributed by atoms with Crippen molar-refractivity contribution in [2.45, 2.75) is 38.6 Å². The van der Waals surface area contributed by atoms with E-state index in [0.717, 1.165) is 17.9 Å². The van der Waals surface area contributed by atoms with Crippen LogP contribution in [0, 0.1) is 11.8 Å². The van der Waals surface area contributed by atoms with Crippen molar-refractivity contribution >= 4 is 36.6 Å². The molecule has 1 N–H and O–H groups in total. The molecular weight excluding hydrogens is 325 g/mol. The normalized spacial score (nSPS) is 28.0. The molecule has 1 aliphatic carbocycles. The Hall–Kier alpha value is 0.1000. The maximum atomic E-state index is 4.24. The summed E-state index contributed by atoms with van der Waals surface area (Å²) >= 11 is 2.01. The van der Waals surface area contributed by atoms with Crippen LogP contribution in [0.2, 0.25) is 0 Å². The first kappa shape index (κ1) is 19.1. The molecule has 3 atom stereocenters. The molecule has 2 unspecified atom stereocenters. The van der Waals surface area contributed by atoms with Crippen molar-refractivity contribution in [2.24, 2.45) is 11.8 Å². The number of likely N-dealkylation sites (tertiary alicyclic amines) is 1. The first-order valence-corrected chi connectivity index (χ1v) is 8.95. The minimum atomic E-state index is 0. The van der Waals surface area contributed by atoms with Crippen LogP contribution >= 0.6 is 36.6 Å². The van der Waals surface area contributed by atoms with E-state index >= 15 is 0 Å². The molecule has 1 aromatic heterocycles. The van der Waals surface area contributed by atoms with Gasteiger partial charge < -0.3 is 0 Å². The second kappa shape index (κ2) is 8.66. The van der Waals surface area contributed by atoms with Gasteiger partial charge in [-0.2, -0.15) is 16.9 Å². The fourth-order valence-electron chi connectivity index (χ4n) is 4.02. The van der Waals surface area contributed by atoms with E-state index in [4.69, 9.17) is 0 Å². The number of halogens is 2. The predicted octanol–water partition coefficient (Wildman–Crippen LogP) is 3.43. The van der Waals surface area contributed by atoms with Gasteiger partial charge in [0.05, 0.1) is 6.20 Å². The van der Waals surface area contributed by atoms with Crippen LogP contribution in [0.1, 0.15) is 31.0 Å². The van der Waals surface area contributed by atoms with E-state index in [1.54, 1.807) is 0 Å². The predicted molar refractivity (Wildman–Crippen MR) is 96.1 cm³/mol. The largest absolute Gasteiger partial charge is 0.299 e. The van der Waals surface area contributed by atoms with Crippen molar-refractivity contribution in [1.82, 2.24) is 15.1 Å². The SMILES string of the molecule is CCCN1CC(CSC)C[C@@H]2Cc3[nH]ncc3CC21.Cl.Cl. The maximum absolute atomic E-state index is 4.24. The molecule has 0 radical (unpaired) electrons. The van der Waals surface area contributed by atoms with Gasteiger partial charge in [-0.15, -0.1) is 24.8 Å². The first-order chi connectivity index (χ1) is 9.31. The topological polar surface area (TPSA) is 31.9 Å². The van der Waals surface area contributed by atoms with Crippen LogP contribution in [0.25, 0.3) is 0 Å². The molecule has 122 valence electrons. The molecule has 0 spiro atoms. The average molecular weight is 352 g/mol. The lowest BCUT2D eigenvalue weighted by atomic mass is 9.75. The highest BCUT2D eigenvalue weighted by Gasteiger charge is 2.39. The van der Waals surface area contributed by atoms with Crippen LogP contribution in [0.3, 0.4) is 0 Å². The molecule has 1 aromatic rings. The third-order valence-corrected chi connectivity index (χ3v) is 5.56. The number of fused-ring (bicyclic) bond motifs is 2. The Bertz CT molecular complexity index is 427. The van der Waals surface area contributed by atoms with Crippen molar-refractivity contribution in [1.29, 1.82) is 0 Å². The van der Waals surface area contributed by atoms with Crippen molar-refractivity contribution in [3.63, 3.8) is 0 Å². The molecule has 3 nitrogen and oxygen atoms in total. The van der Waals surface area contributed by atoms with Gasteiger partial charge in [0.1, 0.15) is 0 Å². The third kappa shape index (κ3) is 4.10. The number of hydrogen-bond acceptors (Lipinski definition) is 3. The van der Waals surface area contributed by atoms with Crippen LogP contribution in [-0.4, -0.2) is 46.2 Å². The van der Waals surface area contributed by atoms with Crippen molar-refractivity contribution in [3.05, 3.63) is 17.5 Å². The van der Waals surface area contributed by atoms with Gasteiger partial charge in [-0.05, 0) is 61.6 Å². The van der Waals surface area contributed by atoms with Gasteiger partial charge in [0.15, 0.2) is 0 Å². The molecule has 0 saturated carbocycles. The van der Waals surface area contributed by atoms with Crippen LogP contribution < -0.4 is 0 Å². The molecule has 0 aromatic carbocycles. The van der Waals surface area contributed by atoms with Gasteiger partial charge in [0.25, 0.3) is 0 Å². The monoisotopic (exact) mass is 351 g/mol. The Balaban J connectivity index is 0.00000110. The number of H-pyrrole nitrogens is 1. The van der Waals surface area contributed by atoms with E-state index < -0.39 is 0 Å². The van der Waals surface area contributed by atoms with Crippen molar-refractivity contribution in [3.8, 4) is 0 Å². The Kier molecular flexibility index (Phi) is 7.90. The number of nitrogens with one attached hydrogen (secondary N) is 1. The van der Waals surface area contributed by atoms with Crippen LogP contribution in [-0.2, 0) is 12.8 Å². The summed E-state index contributed by atoms with van der Waals surface area (Å²) in [5.41, 5.74) is 2.87. The van der Waals surface area contributed by atoms with Gasteiger partial charge in [0.2, 0.25) is 0 Å². The molecule has 1 fully saturated rings. The lowest BCUT2D eigenvalue weighted by molar-refractivity contribution is 0.0558. The molecule has 1 aliphatic heterocycles. The Morgan fingerprint density at radius 2 is 2.19 bits per heavy atom. The van der Waals surface area contributed by atoms with Crippen molar-refractivity contribution < 1.29 is 0 Å². The zero-order chi connectivity index (χ0) is 13.2. The van der Waals surface area contributed by atoms with Gasteiger partial charge in [-0.1, -0.05) is 6.92 Å². The highest BCUT2D eigenvalue weighted by Crippen LogP contribution is 2.37. The average Bonchev–Trinajstić information content (AvgIpc) is 2.84. The number of rotatable bonds is 4. The molecule has 2 aliphatic rings. The summed E-state index contributed by atoms with van der Waals surface area (Å²) in [7, 11) is 0. The van der Waals surface area contributed by atoms with E-state index in [1.165, 1.54) is 55.8 Å². The summed E-state index contributed by atoms with van der Waals surface area (Å²) in [6.07, 6.45) is 9.39. The van der Waals surface area contributed by atoms with E-state index in [2.05, 4.69) is 28.3 Å². The van der Waals surface area contributed by atoms with Crippen molar-refractivity contribution in [2.75, 3.05) is 25.1 Å². The molecule has 0 bridgehead atoms. The zero-order valence-electron chi connectivity index (χ0n) is 12.9. The summed E-state index contributed by atoms with van der Waals surface area (Å²) in [6.45, 7) is 4.88. The molecule has 1 saturated heterocycles. The number of piperidine rings is 1. The number of nitrogens with zero attached hydrogens (tertiary/aromatic N) is 2. The molecule has 21 heavy (non-hydrogen) atoms. The second-order valence-electron chi connectivity index (χ2n) is 6.16. The molecule has 6 heteroatoms. The van der Waals surface area contributed by atoms with E-state index in [1.807, 2.05) is 18.0 Å². The minimum Gasteiger partial charge on any atom is -0.299 e. The third-order valence-electron chi connectivity index (χ3n) is 4.76. The van der Waals surface area contributed by atoms with Gasteiger partial charge in [-0.25, -0.2) is 0 Å². The Labute approximate surface area is 144 Å². The summed E-state index contributed by atoms with van der Waals surface area (Å²) < 4.78 is 0. The number of aromatic nitrogens is 2. The van der Waals surface area contributed by atoms with Crippen LogP contribution in [0.4, 0.5) is 0 Å². The number of aromatic amines is 1. The molecular formula is C15H27Cl2N3S. The highest BCUT2D eigenvalue weighted by atomic mass is 35.5. The van der Waals surface area contributed by atoms with Crippen LogP contribution in [0.5, 0.6) is 0 Å². The zero-order valence-corrected chi connectivity index (χ0v) is 15.3. The Morgan fingerprint density at radius 1 is 1.38 bits per heavy atom. The standard InChI is InChI=1S/C15H25N3S.2ClH/c1-3-4-18-9-11(10-19-2)5-12-6-14-13(7-15(12)18)8-16-17-14;;/h8,11-12,15H,3-7,9-10H2,1-2H3,(H,16,17);2*1H/t11?,12-,15?;;/m1../s1. The van der Waals surface area contributed by atoms with E-state index in [-0.39, 0.29) is 24.8 Å². The van der Waals surface area contributed by atoms with Gasteiger partial charge in [-0.3, -0.25) is 10.00 Å². The lowest BCUT2D eigenvalue weighted by Gasteiger charge is -2.47. The summed E-state index contributed by atoms with van der Waals surface area (Å²) in [5.74, 6) is 3.04. The maximum Gasteiger partial charge on any atom is 0.0522 e. The van der Waals surface area contributed by atoms with E-state index in [0.29, 0.717) is 0 Å². The molecule has 3 rings (SSSR count). The van der Waals surface area contributed by atoms with E-state index in [9.17, 15) is 0 Å². The minimum absolute atomic E-state index is 0.